The van der Waals surface area contributed by atoms with Gasteiger partial charge in [-0.15, -0.1) is 0 Å². The number of carboxylic acid groups (broad SMARTS) is 1. The van der Waals surface area contributed by atoms with E-state index in [9.17, 15) is 29.4 Å². The van der Waals surface area contributed by atoms with Crippen molar-refractivity contribution in [1.29, 1.82) is 0 Å². The quantitative estimate of drug-likeness (QED) is 0.168. The second kappa shape index (κ2) is 13.6. The number of H-pyrrole nitrogens is 1. The van der Waals surface area contributed by atoms with E-state index in [2.05, 4.69) is 20.9 Å². The minimum absolute atomic E-state index is 0.0177. The number of aliphatic carboxylic acids is 1. The van der Waals surface area contributed by atoms with Gasteiger partial charge in [-0.3, -0.25) is 14.4 Å². The van der Waals surface area contributed by atoms with Crippen LogP contribution < -0.4 is 21.7 Å². The number of aromatic nitrogens is 1. The summed E-state index contributed by atoms with van der Waals surface area (Å²) in [7, 11) is 0. The number of carbonyl (C=O) groups is 4. The van der Waals surface area contributed by atoms with E-state index in [0.29, 0.717) is 0 Å². The minimum Gasteiger partial charge on any atom is -0.508 e. The van der Waals surface area contributed by atoms with Crippen LogP contribution in [0.2, 0.25) is 0 Å². The third kappa shape index (κ3) is 8.31. The van der Waals surface area contributed by atoms with E-state index in [1.807, 2.05) is 38.1 Å². The summed E-state index contributed by atoms with van der Waals surface area (Å²) in [5.41, 5.74) is 8.38. The molecule has 3 rings (SSSR count). The van der Waals surface area contributed by atoms with Gasteiger partial charge in [-0.1, -0.05) is 44.2 Å². The molecule has 2 aromatic carbocycles. The van der Waals surface area contributed by atoms with Gasteiger partial charge in [0.25, 0.3) is 0 Å². The van der Waals surface area contributed by atoms with Gasteiger partial charge in [0.2, 0.25) is 17.7 Å². The fourth-order valence-corrected chi connectivity index (χ4v) is 4.36. The molecule has 1 aromatic heterocycles. The van der Waals surface area contributed by atoms with Crippen LogP contribution in [0.15, 0.2) is 54.7 Å². The van der Waals surface area contributed by atoms with Gasteiger partial charge in [-0.05, 0) is 55.0 Å². The first-order chi connectivity index (χ1) is 18.9. The Morgan fingerprint density at radius 3 is 2.15 bits per heavy atom. The van der Waals surface area contributed by atoms with E-state index in [0.717, 1.165) is 22.0 Å². The number of para-hydroxylation sites is 1. The summed E-state index contributed by atoms with van der Waals surface area (Å²) < 4.78 is 0. The zero-order valence-corrected chi connectivity index (χ0v) is 22.8. The maximum atomic E-state index is 13.3. The van der Waals surface area contributed by atoms with Crippen LogP contribution in [-0.2, 0) is 32.0 Å². The van der Waals surface area contributed by atoms with Crippen LogP contribution in [0.5, 0.6) is 5.75 Å². The van der Waals surface area contributed by atoms with Crippen LogP contribution in [0.3, 0.4) is 0 Å². The lowest BCUT2D eigenvalue weighted by atomic mass is 10.0. The number of rotatable bonds is 13. The number of aromatic hydroxyl groups is 1. The van der Waals surface area contributed by atoms with Crippen molar-refractivity contribution in [3.8, 4) is 5.75 Å². The number of benzene rings is 2. The highest BCUT2D eigenvalue weighted by Crippen LogP contribution is 2.19. The number of phenolic OH excluding ortho intramolecular Hbond substituents is 1. The van der Waals surface area contributed by atoms with E-state index in [4.69, 9.17) is 5.73 Å². The molecule has 0 aliphatic heterocycles. The van der Waals surface area contributed by atoms with Crippen molar-refractivity contribution < 1.29 is 29.4 Å². The molecule has 0 fully saturated rings. The highest BCUT2D eigenvalue weighted by atomic mass is 16.4. The molecule has 0 aliphatic carbocycles. The van der Waals surface area contributed by atoms with Gasteiger partial charge in [0.1, 0.15) is 23.9 Å². The van der Waals surface area contributed by atoms with Crippen LogP contribution in [0.25, 0.3) is 10.9 Å². The number of hydrogen-bond acceptors (Lipinski definition) is 6. The molecule has 0 spiro atoms. The molecule has 4 unspecified atom stereocenters. The molecule has 11 heteroatoms. The second-order valence-corrected chi connectivity index (χ2v) is 10.4. The summed E-state index contributed by atoms with van der Waals surface area (Å²) in [6, 6.07) is 9.58. The fourth-order valence-electron chi connectivity index (χ4n) is 4.36. The summed E-state index contributed by atoms with van der Waals surface area (Å²) in [5.74, 6) is -2.88. The number of amides is 3. The molecular formula is C29H37N5O6. The first-order valence-electron chi connectivity index (χ1n) is 13.2. The summed E-state index contributed by atoms with van der Waals surface area (Å²) >= 11 is 0. The Labute approximate surface area is 232 Å². The van der Waals surface area contributed by atoms with Gasteiger partial charge in [-0.25, -0.2) is 4.79 Å². The number of nitrogens with one attached hydrogen (secondary N) is 4. The fraction of sp³-hybridized carbons (Fsp3) is 0.379. The van der Waals surface area contributed by atoms with Crippen molar-refractivity contribution in [2.24, 2.45) is 11.7 Å². The summed E-state index contributed by atoms with van der Waals surface area (Å²) in [4.78, 5) is 54.0. The van der Waals surface area contributed by atoms with Gasteiger partial charge < -0.3 is 36.9 Å². The largest absolute Gasteiger partial charge is 0.508 e. The molecule has 3 amide bonds. The van der Waals surface area contributed by atoms with Gasteiger partial charge in [0, 0.05) is 23.5 Å². The van der Waals surface area contributed by atoms with Crippen molar-refractivity contribution in [1.82, 2.24) is 20.9 Å². The van der Waals surface area contributed by atoms with Gasteiger partial charge in [0.15, 0.2) is 0 Å². The number of carbonyl (C=O) groups excluding carboxylic acids is 3. The maximum absolute atomic E-state index is 13.3. The molecule has 40 heavy (non-hydrogen) atoms. The Kier molecular flexibility index (Phi) is 10.3. The molecule has 0 aliphatic rings. The average molecular weight is 552 g/mol. The second-order valence-electron chi connectivity index (χ2n) is 10.4. The predicted molar refractivity (Wildman–Crippen MR) is 150 cm³/mol. The van der Waals surface area contributed by atoms with Crippen molar-refractivity contribution in [3.63, 3.8) is 0 Å². The number of nitrogens with two attached hydrogens (primary N) is 1. The molecule has 8 N–H and O–H groups in total. The van der Waals surface area contributed by atoms with Crippen molar-refractivity contribution in [2.75, 3.05) is 0 Å². The molecule has 0 saturated heterocycles. The smallest absolute Gasteiger partial charge is 0.326 e. The van der Waals surface area contributed by atoms with E-state index in [1.54, 1.807) is 18.3 Å². The molecule has 0 radical (unpaired) electrons. The topological polar surface area (TPSA) is 187 Å². The van der Waals surface area contributed by atoms with E-state index in [-0.39, 0.29) is 30.9 Å². The van der Waals surface area contributed by atoms with E-state index >= 15 is 0 Å². The summed E-state index contributed by atoms with van der Waals surface area (Å²) in [5, 5.41) is 27.7. The van der Waals surface area contributed by atoms with Crippen LogP contribution in [0.4, 0.5) is 0 Å². The molecule has 11 nitrogen and oxygen atoms in total. The minimum atomic E-state index is -1.16. The standard InChI is InChI=1S/C29H37N5O6/c1-16(2)12-25(29(39)40)34-28(38)24(14-19-15-31-23-7-5-4-6-21(19)23)33-26(36)17(3)32-27(37)22(30)13-18-8-10-20(35)11-9-18/h4-11,15-17,22,24-25,31,35H,12-14,30H2,1-3H3,(H,32,37)(H,33,36)(H,34,38)(H,39,40). The van der Waals surface area contributed by atoms with Gasteiger partial charge in [-0.2, -0.15) is 0 Å². The van der Waals surface area contributed by atoms with Gasteiger partial charge in [0.05, 0.1) is 6.04 Å². The van der Waals surface area contributed by atoms with Crippen LogP contribution in [0, 0.1) is 5.92 Å². The maximum Gasteiger partial charge on any atom is 0.326 e. The molecule has 4 atom stereocenters. The zero-order valence-electron chi connectivity index (χ0n) is 22.8. The molecule has 214 valence electrons. The first kappa shape index (κ1) is 30.2. The van der Waals surface area contributed by atoms with Crippen molar-refractivity contribution in [2.45, 2.75) is 64.2 Å². The third-order valence-electron chi connectivity index (χ3n) is 6.53. The number of fused-ring (bicyclic) bond motifs is 1. The zero-order chi connectivity index (χ0) is 29.4. The van der Waals surface area contributed by atoms with Gasteiger partial charge >= 0.3 is 5.97 Å². The molecule has 1 heterocycles. The predicted octanol–water partition coefficient (Wildman–Crippen LogP) is 1.59. The number of hydrogen-bond donors (Lipinski definition) is 7. The third-order valence-corrected chi connectivity index (χ3v) is 6.53. The molecular weight excluding hydrogens is 514 g/mol. The lowest BCUT2D eigenvalue weighted by Crippen LogP contribution is -2.57. The van der Waals surface area contributed by atoms with Crippen molar-refractivity contribution in [3.05, 3.63) is 65.9 Å². The SMILES string of the molecule is CC(C)CC(NC(=O)C(Cc1c[nH]c2ccccc12)NC(=O)C(C)NC(=O)C(N)Cc1ccc(O)cc1)C(=O)O. The molecule has 0 bridgehead atoms. The average Bonchev–Trinajstić information content (AvgIpc) is 3.31. The Balaban J connectivity index is 1.72. The number of aromatic amines is 1. The Bertz CT molecular complexity index is 1340. The normalized spacial score (nSPS) is 14.2. The van der Waals surface area contributed by atoms with E-state index in [1.165, 1.54) is 19.1 Å². The highest BCUT2D eigenvalue weighted by Gasteiger charge is 2.30. The van der Waals surface area contributed by atoms with Crippen LogP contribution >= 0.6 is 0 Å². The molecule has 0 saturated carbocycles. The van der Waals surface area contributed by atoms with Crippen LogP contribution in [0.1, 0.15) is 38.3 Å². The number of carboxylic acids is 1. The van der Waals surface area contributed by atoms with Crippen LogP contribution in [-0.4, -0.2) is 63.1 Å². The molecule has 3 aromatic rings. The van der Waals surface area contributed by atoms with E-state index < -0.39 is 47.9 Å². The Morgan fingerprint density at radius 2 is 1.50 bits per heavy atom. The Morgan fingerprint density at radius 1 is 0.850 bits per heavy atom. The first-order valence-corrected chi connectivity index (χ1v) is 13.2. The monoisotopic (exact) mass is 551 g/mol. The summed E-state index contributed by atoms with van der Waals surface area (Å²) in [6.07, 6.45) is 2.25. The lowest BCUT2D eigenvalue weighted by Gasteiger charge is -2.24. The highest BCUT2D eigenvalue weighted by molar-refractivity contribution is 5.94. The van der Waals surface area contributed by atoms with Crippen molar-refractivity contribution >= 4 is 34.6 Å². The summed E-state index contributed by atoms with van der Waals surface area (Å²) in [6.45, 7) is 5.17. The lowest BCUT2D eigenvalue weighted by molar-refractivity contribution is -0.142. The number of phenols is 1. The Hall–Kier alpha value is -4.38.